The summed E-state index contributed by atoms with van der Waals surface area (Å²) in [6.07, 6.45) is 4.55. The Morgan fingerprint density at radius 1 is 1.33 bits per heavy atom. The fraction of sp³-hybridized carbons (Fsp3) is 0.643. The highest BCUT2D eigenvalue weighted by Gasteiger charge is 2.49. The third kappa shape index (κ3) is 1.13. The molecule has 18 heavy (non-hydrogen) atoms. The average molecular weight is 244 g/mol. The molecule has 0 aromatic carbocycles. The molecule has 4 nitrogen and oxygen atoms in total. The Balaban J connectivity index is 1.85. The summed E-state index contributed by atoms with van der Waals surface area (Å²) in [5.74, 6) is 1.25. The molecule has 1 aromatic rings. The SMILES string of the molecule is Cn1ccc2c1CCN1C3=NCCCN3CC21C. The molecule has 0 amide bonds. The molecule has 4 heterocycles. The number of hydrogen-bond donors (Lipinski definition) is 0. The Hall–Kier alpha value is -1.45. The summed E-state index contributed by atoms with van der Waals surface area (Å²) in [5.41, 5.74) is 3.15. The lowest BCUT2D eigenvalue weighted by Crippen LogP contribution is -2.47. The van der Waals surface area contributed by atoms with E-state index in [0.717, 1.165) is 26.1 Å². The molecule has 0 saturated carbocycles. The minimum Gasteiger partial charge on any atom is -0.354 e. The number of aliphatic imine (C=N–C) groups is 1. The van der Waals surface area contributed by atoms with Gasteiger partial charge in [-0.1, -0.05) is 0 Å². The number of aromatic nitrogens is 1. The van der Waals surface area contributed by atoms with Crippen molar-refractivity contribution in [3.63, 3.8) is 0 Å². The summed E-state index contributed by atoms with van der Waals surface area (Å²) in [6.45, 7) is 6.76. The lowest BCUT2D eigenvalue weighted by molar-refractivity contribution is 0.206. The van der Waals surface area contributed by atoms with E-state index in [-0.39, 0.29) is 5.54 Å². The lowest BCUT2D eigenvalue weighted by atomic mass is 9.87. The molecule has 3 aliphatic rings. The second kappa shape index (κ2) is 3.31. The van der Waals surface area contributed by atoms with E-state index >= 15 is 0 Å². The third-order valence-electron chi connectivity index (χ3n) is 4.81. The maximum atomic E-state index is 4.76. The van der Waals surface area contributed by atoms with Crippen molar-refractivity contribution >= 4 is 5.96 Å². The van der Waals surface area contributed by atoms with Crippen molar-refractivity contribution in [1.82, 2.24) is 14.4 Å². The first-order valence-electron chi connectivity index (χ1n) is 6.92. The average Bonchev–Trinajstić information content (AvgIpc) is 2.87. The highest BCUT2D eigenvalue weighted by Crippen LogP contribution is 2.41. The van der Waals surface area contributed by atoms with Crippen LogP contribution in [0, 0.1) is 0 Å². The van der Waals surface area contributed by atoms with E-state index in [1.54, 1.807) is 0 Å². The van der Waals surface area contributed by atoms with Crippen LogP contribution in [0.4, 0.5) is 0 Å². The van der Waals surface area contributed by atoms with Crippen molar-refractivity contribution in [1.29, 1.82) is 0 Å². The van der Waals surface area contributed by atoms with Crippen molar-refractivity contribution in [3.8, 4) is 0 Å². The molecule has 96 valence electrons. The minimum atomic E-state index is 0.137. The summed E-state index contributed by atoms with van der Waals surface area (Å²) in [4.78, 5) is 9.78. The van der Waals surface area contributed by atoms with Crippen molar-refractivity contribution in [2.75, 3.05) is 26.2 Å². The zero-order valence-electron chi connectivity index (χ0n) is 11.2. The number of aryl methyl sites for hydroxylation is 1. The summed E-state index contributed by atoms with van der Waals surface area (Å²) in [5, 5.41) is 0. The van der Waals surface area contributed by atoms with Crippen LogP contribution in [0.25, 0.3) is 0 Å². The summed E-state index contributed by atoms with van der Waals surface area (Å²) in [7, 11) is 2.16. The molecule has 3 aliphatic heterocycles. The van der Waals surface area contributed by atoms with E-state index in [1.807, 2.05) is 0 Å². The summed E-state index contributed by atoms with van der Waals surface area (Å²) >= 11 is 0. The van der Waals surface area contributed by atoms with Crippen LogP contribution in [0.15, 0.2) is 17.3 Å². The van der Waals surface area contributed by atoms with Gasteiger partial charge in [0, 0.05) is 57.1 Å². The second-order valence-electron chi connectivity index (χ2n) is 5.92. The van der Waals surface area contributed by atoms with Gasteiger partial charge in [0.15, 0.2) is 5.96 Å². The van der Waals surface area contributed by atoms with Crippen LogP contribution in [-0.2, 0) is 19.0 Å². The number of fused-ring (bicyclic) bond motifs is 5. The zero-order valence-corrected chi connectivity index (χ0v) is 11.2. The van der Waals surface area contributed by atoms with E-state index in [4.69, 9.17) is 4.99 Å². The van der Waals surface area contributed by atoms with Gasteiger partial charge in [-0.2, -0.15) is 0 Å². The molecular formula is C14H20N4. The molecular weight excluding hydrogens is 224 g/mol. The first-order valence-corrected chi connectivity index (χ1v) is 6.92. The van der Waals surface area contributed by atoms with E-state index < -0.39 is 0 Å². The molecule has 4 rings (SSSR count). The Morgan fingerprint density at radius 3 is 3.11 bits per heavy atom. The van der Waals surface area contributed by atoms with Gasteiger partial charge >= 0.3 is 0 Å². The summed E-state index contributed by atoms with van der Waals surface area (Å²) < 4.78 is 2.29. The molecule has 0 bridgehead atoms. The van der Waals surface area contributed by atoms with E-state index in [2.05, 4.69) is 40.6 Å². The maximum Gasteiger partial charge on any atom is 0.197 e. The van der Waals surface area contributed by atoms with Gasteiger partial charge in [-0.15, -0.1) is 0 Å². The standard InChI is InChI=1S/C14H20N4/c1-14-10-17-7-3-6-15-13(17)18(14)9-5-12-11(14)4-8-16(12)2/h4,8H,3,5-7,9-10H2,1-2H3. The molecule has 1 atom stereocenters. The lowest BCUT2D eigenvalue weighted by Gasteiger charge is -2.39. The molecule has 1 unspecified atom stereocenters. The van der Waals surface area contributed by atoms with Crippen molar-refractivity contribution in [2.24, 2.45) is 12.0 Å². The zero-order chi connectivity index (χ0) is 12.3. The number of hydrogen-bond acceptors (Lipinski definition) is 3. The van der Waals surface area contributed by atoms with Crippen LogP contribution in [0.1, 0.15) is 24.6 Å². The molecule has 0 aliphatic carbocycles. The Labute approximate surface area is 108 Å². The predicted molar refractivity (Wildman–Crippen MR) is 71.7 cm³/mol. The van der Waals surface area contributed by atoms with Gasteiger partial charge in [0.25, 0.3) is 0 Å². The minimum absolute atomic E-state index is 0.137. The first kappa shape index (κ1) is 10.5. The van der Waals surface area contributed by atoms with Crippen LogP contribution in [0.5, 0.6) is 0 Å². The van der Waals surface area contributed by atoms with Gasteiger partial charge < -0.3 is 14.4 Å². The van der Waals surface area contributed by atoms with Crippen LogP contribution < -0.4 is 0 Å². The van der Waals surface area contributed by atoms with E-state index in [9.17, 15) is 0 Å². The Morgan fingerprint density at radius 2 is 2.22 bits per heavy atom. The first-order chi connectivity index (χ1) is 8.70. The van der Waals surface area contributed by atoms with Crippen molar-refractivity contribution < 1.29 is 0 Å². The second-order valence-corrected chi connectivity index (χ2v) is 5.92. The number of rotatable bonds is 0. The van der Waals surface area contributed by atoms with Gasteiger partial charge in [0.1, 0.15) is 0 Å². The van der Waals surface area contributed by atoms with Gasteiger partial charge in [-0.3, -0.25) is 4.99 Å². The van der Waals surface area contributed by atoms with Crippen LogP contribution in [0.2, 0.25) is 0 Å². The highest BCUT2D eigenvalue weighted by atomic mass is 15.5. The third-order valence-corrected chi connectivity index (χ3v) is 4.81. The van der Waals surface area contributed by atoms with Crippen LogP contribution >= 0.6 is 0 Å². The Kier molecular flexibility index (Phi) is 1.92. The molecule has 4 heteroatoms. The van der Waals surface area contributed by atoms with E-state index in [0.29, 0.717) is 0 Å². The smallest absolute Gasteiger partial charge is 0.197 e. The van der Waals surface area contributed by atoms with Gasteiger partial charge in [0.05, 0.1) is 5.54 Å². The maximum absolute atomic E-state index is 4.76. The van der Waals surface area contributed by atoms with Gasteiger partial charge in [-0.05, 0) is 19.4 Å². The fourth-order valence-corrected chi connectivity index (χ4v) is 3.88. The van der Waals surface area contributed by atoms with Crippen molar-refractivity contribution in [3.05, 3.63) is 23.5 Å². The monoisotopic (exact) mass is 244 g/mol. The largest absolute Gasteiger partial charge is 0.354 e. The Bertz CT molecular complexity index is 530. The molecule has 1 aromatic heterocycles. The molecule has 1 fully saturated rings. The molecule has 0 spiro atoms. The quantitative estimate of drug-likeness (QED) is 0.684. The van der Waals surface area contributed by atoms with Crippen LogP contribution in [-0.4, -0.2) is 46.5 Å². The fourth-order valence-electron chi connectivity index (χ4n) is 3.88. The number of nitrogens with zero attached hydrogens (tertiary/aromatic N) is 4. The normalized spacial score (nSPS) is 29.8. The molecule has 0 radical (unpaired) electrons. The molecule has 0 N–H and O–H groups in total. The highest BCUT2D eigenvalue weighted by molar-refractivity contribution is 5.84. The topological polar surface area (TPSA) is 23.8 Å². The van der Waals surface area contributed by atoms with Crippen LogP contribution in [0.3, 0.4) is 0 Å². The number of guanidine groups is 1. The van der Waals surface area contributed by atoms with Gasteiger partial charge in [0.2, 0.25) is 0 Å². The summed E-state index contributed by atoms with van der Waals surface area (Å²) in [6, 6.07) is 2.31. The predicted octanol–water partition coefficient (Wildman–Crippen LogP) is 1.17. The van der Waals surface area contributed by atoms with Gasteiger partial charge in [-0.25, -0.2) is 0 Å². The van der Waals surface area contributed by atoms with E-state index in [1.165, 1.54) is 30.2 Å². The molecule has 1 saturated heterocycles. The van der Waals surface area contributed by atoms with Crippen molar-refractivity contribution in [2.45, 2.75) is 25.3 Å².